The van der Waals surface area contributed by atoms with E-state index in [1.165, 1.54) is 16.7 Å². The van der Waals surface area contributed by atoms with E-state index in [1.54, 1.807) is 0 Å². The summed E-state index contributed by atoms with van der Waals surface area (Å²) in [7, 11) is 0. The normalized spacial score (nSPS) is 15.9. The van der Waals surface area contributed by atoms with Crippen molar-refractivity contribution in [2.24, 2.45) is 0 Å². The predicted molar refractivity (Wildman–Crippen MR) is 115 cm³/mol. The maximum Gasteiger partial charge on any atom is 0.337 e. The van der Waals surface area contributed by atoms with Crippen LogP contribution in [0.4, 0.5) is 0 Å². The minimum atomic E-state index is -0.849. The van der Waals surface area contributed by atoms with Crippen LogP contribution >= 0.6 is 0 Å². The van der Waals surface area contributed by atoms with Gasteiger partial charge in [0.05, 0.1) is 5.56 Å². The molecule has 4 rings (SSSR count). The highest BCUT2D eigenvalue weighted by Gasteiger charge is 2.25. The largest absolute Gasteiger partial charge is 0.478 e. The van der Waals surface area contributed by atoms with Crippen molar-refractivity contribution >= 4 is 5.97 Å². The first-order chi connectivity index (χ1) is 14.1. The molecule has 0 saturated heterocycles. The smallest absolute Gasteiger partial charge is 0.337 e. The number of nitrogens with one attached hydrogen (secondary N) is 1. The third-order valence-electron chi connectivity index (χ3n) is 6.20. The van der Waals surface area contributed by atoms with Gasteiger partial charge in [-0.1, -0.05) is 54.6 Å². The summed E-state index contributed by atoms with van der Waals surface area (Å²) in [5, 5.41) is 13.6. The average molecular weight is 389 g/mol. The standard InChI is InChI=1S/C25H28N2O2/c1-17-22(15-26-23-14-8-12-20-11-6-7-13-21(20)23)24(25(28)29)18(2)27(17)16-19-9-4-3-5-10-19/h3-7,9-11,13,23,26H,8,12,14-16H2,1-2H3,(H,28,29). The van der Waals surface area contributed by atoms with Crippen LogP contribution in [-0.2, 0) is 19.5 Å². The highest BCUT2D eigenvalue weighted by Crippen LogP contribution is 2.31. The van der Waals surface area contributed by atoms with Crippen LogP contribution in [0, 0.1) is 13.8 Å². The third-order valence-corrected chi connectivity index (χ3v) is 6.20. The van der Waals surface area contributed by atoms with Gasteiger partial charge in [-0.3, -0.25) is 0 Å². The number of nitrogens with zero attached hydrogens (tertiary/aromatic N) is 1. The number of aromatic nitrogens is 1. The number of carboxylic acid groups (broad SMARTS) is 1. The molecular formula is C25H28N2O2. The first kappa shape index (κ1) is 19.5. The van der Waals surface area contributed by atoms with Crippen LogP contribution in [0.15, 0.2) is 54.6 Å². The molecule has 4 heteroatoms. The Morgan fingerprint density at radius 3 is 2.55 bits per heavy atom. The maximum absolute atomic E-state index is 12.1. The van der Waals surface area contributed by atoms with Crippen molar-refractivity contribution < 1.29 is 9.90 Å². The Morgan fingerprint density at radius 2 is 1.79 bits per heavy atom. The Labute approximate surface area is 172 Å². The molecule has 1 heterocycles. The summed E-state index contributed by atoms with van der Waals surface area (Å²) in [6.45, 7) is 5.20. The minimum Gasteiger partial charge on any atom is -0.478 e. The van der Waals surface area contributed by atoms with Crippen molar-refractivity contribution in [3.8, 4) is 0 Å². The number of benzene rings is 2. The summed E-state index contributed by atoms with van der Waals surface area (Å²) in [5.74, 6) is -0.849. The van der Waals surface area contributed by atoms with Crippen molar-refractivity contribution in [1.82, 2.24) is 9.88 Å². The molecule has 1 aliphatic rings. The molecule has 3 aromatic rings. The van der Waals surface area contributed by atoms with Crippen molar-refractivity contribution in [2.75, 3.05) is 0 Å². The van der Waals surface area contributed by atoms with Crippen LogP contribution in [0.3, 0.4) is 0 Å². The molecule has 2 aromatic carbocycles. The molecule has 0 saturated carbocycles. The molecule has 2 N–H and O–H groups in total. The van der Waals surface area contributed by atoms with Gasteiger partial charge in [-0.05, 0) is 49.8 Å². The first-order valence-electron chi connectivity index (χ1n) is 10.3. The monoisotopic (exact) mass is 388 g/mol. The molecule has 1 unspecified atom stereocenters. The Morgan fingerprint density at radius 1 is 1.07 bits per heavy atom. The zero-order valence-corrected chi connectivity index (χ0v) is 17.1. The van der Waals surface area contributed by atoms with Gasteiger partial charge in [-0.25, -0.2) is 4.79 Å². The van der Waals surface area contributed by atoms with E-state index >= 15 is 0 Å². The zero-order chi connectivity index (χ0) is 20.4. The summed E-state index contributed by atoms with van der Waals surface area (Å²) >= 11 is 0. The molecule has 0 bridgehead atoms. The Kier molecular flexibility index (Phi) is 5.54. The molecular weight excluding hydrogens is 360 g/mol. The Balaban J connectivity index is 1.62. The molecule has 0 spiro atoms. The second-order valence-corrected chi connectivity index (χ2v) is 7.93. The molecule has 1 aromatic heterocycles. The van der Waals surface area contributed by atoms with Crippen LogP contribution in [0.5, 0.6) is 0 Å². The van der Waals surface area contributed by atoms with Crippen molar-refractivity contribution in [1.29, 1.82) is 0 Å². The van der Waals surface area contributed by atoms with Crippen LogP contribution < -0.4 is 5.32 Å². The van der Waals surface area contributed by atoms with Crippen molar-refractivity contribution in [3.05, 3.63) is 93.8 Å². The van der Waals surface area contributed by atoms with Gasteiger partial charge in [-0.2, -0.15) is 0 Å². The second-order valence-electron chi connectivity index (χ2n) is 7.93. The molecule has 0 amide bonds. The van der Waals surface area contributed by atoms with Gasteiger partial charge >= 0.3 is 5.97 Å². The number of aryl methyl sites for hydroxylation is 1. The molecule has 0 radical (unpaired) electrons. The van der Waals surface area contributed by atoms with Crippen LogP contribution in [0.1, 0.15) is 62.9 Å². The maximum atomic E-state index is 12.1. The number of hydrogen-bond donors (Lipinski definition) is 2. The summed E-state index contributed by atoms with van der Waals surface area (Å²) in [6, 6.07) is 19.1. The second kappa shape index (κ2) is 8.26. The Hall–Kier alpha value is -2.85. The lowest BCUT2D eigenvalue weighted by Gasteiger charge is -2.26. The fourth-order valence-corrected chi connectivity index (χ4v) is 4.64. The number of carboxylic acids is 1. The van der Waals surface area contributed by atoms with Gasteiger partial charge in [0.2, 0.25) is 0 Å². The summed E-state index contributed by atoms with van der Waals surface area (Å²) in [4.78, 5) is 12.1. The summed E-state index contributed by atoms with van der Waals surface area (Å²) in [6.07, 6.45) is 3.37. The first-order valence-corrected chi connectivity index (χ1v) is 10.3. The van der Waals surface area contributed by atoms with Gasteiger partial charge in [0.1, 0.15) is 0 Å². The van der Waals surface area contributed by atoms with E-state index < -0.39 is 5.97 Å². The van der Waals surface area contributed by atoms with Gasteiger partial charge in [0, 0.05) is 36.1 Å². The SMILES string of the molecule is Cc1c(CNC2CCCc3ccccc32)c(C(=O)O)c(C)n1Cc1ccccc1. The number of fused-ring (bicyclic) bond motifs is 1. The average Bonchev–Trinajstić information content (AvgIpc) is 2.97. The van der Waals surface area contributed by atoms with Crippen LogP contribution in [0.25, 0.3) is 0 Å². The highest BCUT2D eigenvalue weighted by atomic mass is 16.4. The summed E-state index contributed by atoms with van der Waals surface area (Å²) < 4.78 is 2.13. The molecule has 0 aliphatic heterocycles. The fourth-order valence-electron chi connectivity index (χ4n) is 4.64. The Bertz CT molecular complexity index is 1020. The lowest BCUT2D eigenvalue weighted by atomic mass is 9.87. The van der Waals surface area contributed by atoms with E-state index in [1.807, 2.05) is 32.0 Å². The van der Waals surface area contributed by atoms with Gasteiger partial charge in [-0.15, -0.1) is 0 Å². The molecule has 1 atom stereocenters. The molecule has 1 aliphatic carbocycles. The number of hydrogen-bond acceptors (Lipinski definition) is 2. The van der Waals surface area contributed by atoms with Crippen LogP contribution in [-0.4, -0.2) is 15.6 Å². The fraction of sp³-hybridized carbons (Fsp3) is 0.320. The quantitative estimate of drug-likeness (QED) is 0.623. The van der Waals surface area contributed by atoms with E-state index in [9.17, 15) is 9.90 Å². The van der Waals surface area contributed by atoms with Gasteiger partial charge < -0.3 is 15.0 Å². The topological polar surface area (TPSA) is 54.3 Å². The number of carbonyl (C=O) groups is 1. The molecule has 0 fully saturated rings. The summed E-state index contributed by atoms with van der Waals surface area (Å²) in [5.41, 5.74) is 7.12. The van der Waals surface area contributed by atoms with E-state index in [0.717, 1.165) is 36.2 Å². The highest BCUT2D eigenvalue weighted by molar-refractivity contribution is 5.91. The molecule has 150 valence electrons. The molecule has 29 heavy (non-hydrogen) atoms. The predicted octanol–water partition coefficient (Wildman–Crippen LogP) is 5.02. The number of rotatable bonds is 6. The van der Waals surface area contributed by atoms with Crippen molar-refractivity contribution in [2.45, 2.75) is 52.2 Å². The zero-order valence-electron chi connectivity index (χ0n) is 17.1. The van der Waals surface area contributed by atoms with Gasteiger partial charge in [0.25, 0.3) is 0 Å². The van der Waals surface area contributed by atoms with E-state index in [0.29, 0.717) is 18.7 Å². The molecule has 4 nitrogen and oxygen atoms in total. The lowest BCUT2D eigenvalue weighted by Crippen LogP contribution is -2.25. The van der Waals surface area contributed by atoms with E-state index in [4.69, 9.17) is 0 Å². The van der Waals surface area contributed by atoms with E-state index in [2.05, 4.69) is 46.3 Å². The van der Waals surface area contributed by atoms with Crippen LogP contribution in [0.2, 0.25) is 0 Å². The third kappa shape index (κ3) is 3.85. The number of aromatic carboxylic acids is 1. The van der Waals surface area contributed by atoms with E-state index in [-0.39, 0.29) is 6.04 Å². The lowest BCUT2D eigenvalue weighted by molar-refractivity contribution is 0.0694. The van der Waals surface area contributed by atoms with Gasteiger partial charge in [0.15, 0.2) is 0 Å². The minimum absolute atomic E-state index is 0.277. The van der Waals surface area contributed by atoms with Crippen molar-refractivity contribution in [3.63, 3.8) is 0 Å².